The normalized spacial score (nSPS) is 9.90. The molecule has 1 N–H and O–H groups in total. The van der Waals surface area contributed by atoms with Gasteiger partial charge in [0.15, 0.2) is 6.29 Å². The number of para-hydroxylation sites is 1. The van der Waals surface area contributed by atoms with Crippen molar-refractivity contribution in [3.63, 3.8) is 0 Å². The number of hydrogen-bond donors (Lipinski definition) is 1. The first-order valence-corrected chi connectivity index (χ1v) is 5.34. The van der Waals surface area contributed by atoms with Gasteiger partial charge in [-0.05, 0) is 6.42 Å². The van der Waals surface area contributed by atoms with E-state index in [1.807, 2.05) is 30.3 Å². The van der Waals surface area contributed by atoms with Crippen molar-refractivity contribution in [2.45, 2.75) is 12.7 Å². The van der Waals surface area contributed by atoms with Crippen LogP contribution in [0.25, 0.3) is 5.32 Å². The third kappa shape index (κ3) is 14.4. The maximum absolute atomic E-state index is 9.42. The van der Waals surface area contributed by atoms with Gasteiger partial charge >= 0.3 is 16.5 Å². The molecule has 114 valence electrons. The van der Waals surface area contributed by atoms with E-state index in [2.05, 4.69) is 5.32 Å². The Balaban J connectivity index is -0.000000320. The SMILES string of the molecule is COCCOC(O)CC[N-]c1ccccc1.[CH3-].[CH3-].[Li].[Ni+3]. The van der Waals surface area contributed by atoms with Gasteiger partial charge in [-0.15, -0.1) is 12.2 Å². The number of ether oxygens (including phenoxy) is 2. The van der Waals surface area contributed by atoms with Crippen LogP contribution in [-0.2, 0) is 26.0 Å². The summed E-state index contributed by atoms with van der Waals surface area (Å²) in [4.78, 5) is 0. The predicted molar refractivity (Wildman–Crippen MR) is 81.4 cm³/mol. The molecule has 0 bridgehead atoms. The van der Waals surface area contributed by atoms with Gasteiger partial charge in [0.1, 0.15) is 0 Å². The Morgan fingerprint density at radius 2 is 1.75 bits per heavy atom. The van der Waals surface area contributed by atoms with Gasteiger partial charge < -0.3 is 34.8 Å². The molecule has 0 aliphatic carbocycles. The van der Waals surface area contributed by atoms with Gasteiger partial charge in [-0.3, -0.25) is 0 Å². The molecule has 2 radical (unpaired) electrons. The molecule has 1 rings (SSSR count). The average molecular weight is 320 g/mol. The molecule has 6 heteroatoms. The van der Waals surface area contributed by atoms with E-state index in [9.17, 15) is 5.11 Å². The fraction of sp³-hybridized carbons (Fsp3) is 0.429. The molecule has 0 fully saturated rings. The van der Waals surface area contributed by atoms with Crippen molar-refractivity contribution in [1.29, 1.82) is 0 Å². The Labute approximate surface area is 145 Å². The largest absolute Gasteiger partial charge is 3.00 e. The van der Waals surface area contributed by atoms with Crippen LogP contribution in [-0.4, -0.2) is 57.1 Å². The molecule has 0 aliphatic heterocycles. The summed E-state index contributed by atoms with van der Waals surface area (Å²) in [6.07, 6.45) is -0.263. The summed E-state index contributed by atoms with van der Waals surface area (Å²) in [5.74, 6) is 0. The van der Waals surface area contributed by atoms with E-state index in [0.29, 0.717) is 26.2 Å². The van der Waals surface area contributed by atoms with Crippen LogP contribution in [0.4, 0.5) is 5.69 Å². The van der Waals surface area contributed by atoms with Crippen LogP contribution in [0.1, 0.15) is 6.42 Å². The van der Waals surface area contributed by atoms with Gasteiger partial charge in [0.25, 0.3) is 0 Å². The first-order valence-electron chi connectivity index (χ1n) is 5.34. The molecule has 1 atom stereocenters. The second-order valence-corrected chi connectivity index (χ2v) is 3.32. The molecule has 4 nitrogen and oxygen atoms in total. The van der Waals surface area contributed by atoms with Crippen molar-refractivity contribution in [1.82, 2.24) is 0 Å². The zero-order valence-electron chi connectivity index (χ0n) is 12.8. The van der Waals surface area contributed by atoms with Crippen LogP contribution in [0.5, 0.6) is 0 Å². The van der Waals surface area contributed by atoms with E-state index in [-0.39, 0.29) is 50.2 Å². The third-order valence-corrected chi connectivity index (χ3v) is 2.02. The van der Waals surface area contributed by atoms with Gasteiger partial charge in [-0.25, -0.2) is 0 Å². The molecule has 0 heterocycles. The minimum absolute atomic E-state index is 0. The van der Waals surface area contributed by atoms with E-state index in [4.69, 9.17) is 9.47 Å². The number of benzene rings is 1. The van der Waals surface area contributed by atoms with Gasteiger partial charge in [0, 0.05) is 26.0 Å². The van der Waals surface area contributed by atoms with Crippen LogP contribution < -0.4 is 0 Å². The van der Waals surface area contributed by atoms with E-state index < -0.39 is 6.29 Å². The zero-order chi connectivity index (χ0) is 11.6. The Bertz CT molecular complexity index is 278. The standard InChI is InChI=1S/C12H18NO3.2CH3.Li.Ni/c1-15-9-10-16-12(14)7-8-13-11-5-3-2-4-6-11;;;;/h2-6,12,14H,7-10H2,1H3;2*1H3;;/q3*-1;;+3. The van der Waals surface area contributed by atoms with E-state index in [1.54, 1.807) is 7.11 Å². The topological polar surface area (TPSA) is 52.8 Å². The molecule has 1 aromatic rings. The number of rotatable bonds is 8. The van der Waals surface area contributed by atoms with Crippen LogP contribution in [0.3, 0.4) is 0 Å². The monoisotopic (exact) mass is 319 g/mol. The van der Waals surface area contributed by atoms with Crippen LogP contribution >= 0.6 is 0 Å². The molecule has 0 aliphatic rings. The van der Waals surface area contributed by atoms with Crippen molar-refractivity contribution < 1.29 is 31.1 Å². The smallest absolute Gasteiger partial charge is 0.684 e. The fourth-order valence-corrected chi connectivity index (χ4v) is 1.19. The maximum Gasteiger partial charge on any atom is 3.00 e. The molecular weight excluding hydrogens is 296 g/mol. The van der Waals surface area contributed by atoms with Gasteiger partial charge in [0.2, 0.25) is 0 Å². The minimum atomic E-state index is -0.761. The van der Waals surface area contributed by atoms with Crippen LogP contribution in [0.15, 0.2) is 30.3 Å². The number of nitrogens with zero attached hydrogens (tertiary/aromatic N) is 1. The molecule has 20 heavy (non-hydrogen) atoms. The molecule has 1 aromatic carbocycles. The summed E-state index contributed by atoms with van der Waals surface area (Å²) in [5.41, 5.74) is 0.923. The van der Waals surface area contributed by atoms with E-state index in [0.717, 1.165) is 5.69 Å². The summed E-state index contributed by atoms with van der Waals surface area (Å²) in [6.45, 7) is 1.45. The number of aliphatic hydroxyl groups is 1. The maximum atomic E-state index is 9.42. The quantitative estimate of drug-likeness (QED) is 0.347. The summed E-state index contributed by atoms with van der Waals surface area (Å²) in [7, 11) is 1.60. The van der Waals surface area contributed by atoms with Crippen molar-refractivity contribution in [3.8, 4) is 0 Å². The molecule has 1 unspecified atom stereocenters. The van der Waals surface area contributed by atoms with Crippen LogP contribution in [0.2, 0.25) is 0 Å². The van der Waals surface area contributed by atoms with Crippen molar-refractivity contribution in [2.24, 2.45) is 0 Å². The third-order valence-electron chi connectivity index (χ3n) is 2.02. The fourth-order valence-electron chi connectivity index (χ4n) is 1.19. The van der Waals surface area contributed by atoms with Crippen molar-refractivity contribution in [3.05, 3.63) is 50.5 Å². The molecule has 0 aromatic heterocycles. The number of hydrogen-bond acceptors (Lipinski definition) is 3. The Kier molecular flexibility index (Phi) is 26.8. The van der Waals surface area contributed by atoms with Gasteiger partial charge in [-0.1, -0.05) is 30.3 Å². The van der Waals surface area contributed by atoms with E-state index in [1.165, 1.54) is 0 Å². The molecule has 0 saturated heterocycles. The molecule has 0 amide bonds. The number of aliphatic hydroxyl groups excluding tert-OH is 1. The zero-order valence-corrected chi connectivity index (χ0v) is 13.8. The summed E-state index contributed by atoms with van der Waals surface area (Å²) in [5, 5.41) is 13.7. The van der Waals surface area contributed by atoms with Crippen molar-refractivity contribution >= 4 is 24.5 Å². The molecule has 0 saturated carbocycles. The summed E-state index contributed by atoms with van der Waals surface area (Å²) in [6, 6.07) is 9.67. The number of methoxy groups -OCH3 is 1. The van der Waals surface area contributed by atoms with E-state index >= 15 is 0 Å². The Morgan fingerprint density at radius 3 is 2.30 bits per heavy atom. The minimum Gasteiger partial charge on any atom is -0.684 e. The average Bonchev–Trinajstić information content (AvgIpc) is 2.31. The molecule has 0 spiro atoms. The second-order valence-electron chi connectivity index (χ2n) is 3.32. The Morgan fingerprint density at radius 1 is 1.15 bits per heavy atom. The van der Waals surface area contributed by atoms with Gasteiger partial charge in [0.05, 0.1) is 13.2 Å². The second kappa shape index (κ2) is 19.0. The van der Waals surface area contributed by atoms with Crippen LogP contribution in [0, 0.1) is 14.9 Å². The van der Waals surface area contributed by atoms with Gasteiger partial charge in [-0.2, -0.15) is 0 Å². The molecular formula is C14H24LiNNiO3. The first kappa shape index (κ1) is 28.2. The van der Waals surface area contributed by atoms with Crippen molar-refractivity contribution in [2.75, 3.05) is 26.9 Å². The summed E-state index contributed by atoms with van der Waals surface area (Å²) < 4.78 is 9.90. The predicted octanol–water partition coefficient (Wildman–Crippen LogP) is 2.58. The Hall–Kier alpha value is -0.00909. The summed E-state index contributed by atoms with van der Waals surface area (Å²) >= 11 is 0. The first-order chi connectivity index (χ1) is 7.83.